The Morgan fingerprint density at radius 3 is 2.12 bits per heavy atom. The molecule has 0 aromatic carbocycles. The highest BCUT2D eigenvalue weighted by molar-refractivity contribution is 5.81. The van der Waals surface area contributed by atoms with Crippen LogP contribution in [-0.2, 0) is 14.3 Å². The SMILES string of the molecule is COCCNC(=O)C(C)NCCN(C(=O)OC(C)(C)C)C(C)(C)C. The zero-order valence-corrected chi connectivity index (χ0v) is 16.5. The molecule has 0 fully saturated rings. The Balaban J connectivity index is 4.48. The van der Waals surface area contributed by atoms with Gasteiger partial charge in [-0.25, -0.2) is 4.79 Å². The van der Waals surface area contributed by atoms with Gasteiger partial charge in [0.1, 0.15) is 5.60 Å². The zero-order valence-electron chi connectivity index (χ0n) is 16.5. The van der Waals surface area contributed by atoms with Gasteiger partial charge < -0.3 is 25.0 Å². The molecule has 7 heteroatoms. The lowest BCUT2D eigenvalue weighted by Gasteiger charge is -2.37. The fourth-order valence-corrected chi connectivity index (χ4v) is 1.93. The molecular weight excluding hydrogens is 310 g/mol. The average Bonchev–Trinajstić information content (AvgIpc) is 2.39. The molecule has 0 rings (SSSR count). The molecule has 2 N–H and O–H groups in total. The summed E-state index contributed by atoms with van der Waals surface area (Å²) in [5.74, 6) is -0.0911. The number of ether oxygens (including phenoxy) is 2. The van der Waals surface area contributed by atoms with Crippen LogP contribution in [0, 0.1) is 0 Å². The number of methoxy groups -OCH3 is 1. The third-order valence-electron chi connectivity index (χ3n) is 3.21. The first-order valence-corrected chi connectivity index (χ1v) is 8.39. The van der Waals surface area contributed by atoms with Crippen molar-refractivity contribution < 1.29 is 19.1 Å². The highest BCUT2D eigenvalue weighted by atomic mass is 16.6. The molecule has 0 aliphatic carbocycles. The maximum Gasteiger partial charge on any atom is 0.410 e. The van der Waals surface area contributed by atoms with E-state index < -0.39 is 5.60 Å². The number of nitrogens with one attached hydrogen (secondary N) is 2. The second-order valence-electron chi connectivity index (χ2n) is 7.76. The van der Waals surface area contributed by atoms with E-state index in [2.05, 4.69) is 10.6 Å². The molecule has 1 unspecified atom stereocenters. The van der Waals surface area contributed by atoms with Crippen LogP contribution < -0.4 is 10.6 Å². The van der Waals surface area contributed by atoms with Gasteiger partial charge in [0.2, 0.25) is 5.91 Å². The molecule has 0 aromatic rings. The second kappa shape index (κ2) is 9.84. The lowest BCUT2D eigenvalue weighted by Crippen LogP contribution is -2.52. The van der Waals surface area contributed by atoms with E-state index in [0.29, 0.717) is 26.2 Å². The summed E-state index contributed by atoms with van der Waals surface area (Å²) in [6.07, 6.45) is -0.353. The molecular formula is C17H35N3O4. The van der Waals surface area contributed by atoms with E-state index in [0.717, 1.165) is 0 Å². The molecule has 0 bridgehead atoms. The first kappa shape index (κ1) is 22.7. The maximum atomic E-state index is 12.4. The Labute approximate surface area is 146 Å². The topological polar surface area (TPSA) is 79.9 Å². The van der Waals surface area contributed by atoms with Crippen molar-refractivity contribution in [2.24, 2.45) is 0 Å². The summed E-state index contributed by atoms with van der Waals surface area (Å²) in [5, 5.41) is 5.90. The van der Waals surface area contributed by atoms with Gasteiger partial charge in [0.25, 0.3) is 0 Å². The lowest BCUT2D eigenvalue weighted by molar-refractivity contribution is -0.122. The molecule has 0 aliphatic rings. The minimum Gasteiger partial charge on any atom is -0.444 e. The first-order chi connectivity index (χ1) is 10.9. The summed E-state index contributed by atoms with van der Waals surface area (Å²) >= 11 is 0. The Morgan fingerprint density at radius 1 is 1.08 bits per heavy atom. The Bertz CT molecular complexity index is 400. The van der Waals surface area contributed by atoms with Gasteiger partial charge >= 0.3 is 6.09 Å². The van der Waals surface area contributed by atoms with Gasteiger partial charge in [-0.15, -0.1) is 0 Å². The van der Waals surface area contributed by atoms with Crippen LogP contribution in [0.1, 0.15) is 48.5 Å². The summed E-state index contributed by atoms with van der Waals surface area (Å²) in [7, 11) is 1.59. The number of amides is 2. The number of hydrogen-bond acceptors (Lipinski definition) is 5. The van der Waals surface area contributed by atoms with Crippen molar-refractivity contribution in [3.8, 4) is 0 Å². The number of carbonyl (C=O) groups excluding carboxylic acids is 2. The minimum absolute atomic E-state index is 0.0911. The van der Waals surface area contributed by atoms with Crippen LogP contribution in [0.25, 0.3) is 0 Å². The number of carbonyl (C=O) groups is 2. The van der Waals surface area contributed by atoms with Gasteiger partial charge in [-0.1, -0.05) is 0 Å². The van der Waals surface area contributed by atoms with Crippen LogP contribution in [0.3, 0.4) is 0 Å². The van der Waals surface area contributed by atoms with E-state index >= 15 is 0 Å². The fraction of sp³-hybridized carbons (Fsp3) is 0.882. The van der Waals surface area contributed by atoms with Crippen LogP contribution in [-0.4, -0.2) is 67.4 Å². The number of rotatable bonds is 8. The molecule has 1 atom stereocenters. The minimum atomic E-state index is -0.539. The molecule has 2 amide bonds. The van der Waals surface area contributed by atoms with Crippen molar-refractivity contribution >= 4 is 12.0 Å². The molecule has 7 nitrogen and oxygen atoms in total. The largest absolute Gasteiger partial charge is 0.444 e. The second-order valence-corrected chi connectivity index (χ2v) is 7.76. The summed E-state index contributed by atoms with van der Waals surface area (Å²) in [6.45, 7) is 15.1. The monoisotopic (exact) mass is 345 g/mol. The Hall–Kier alpha value is -1.34. The third kappa shape index (κ3) is 9.72. The van der Waals surface area contributed by atoms with E-state index in [9.17, 15) is 9.59 Å². The zero-order chi connectivity index (χ0) is 19.0. The smallest absolute Gasteiger partial charge is 0.410 e. The van der Waals surface area contributed by atoms with E-state index in [1.165, 1.54) is 0 Å². The molecule has 0 aromatic heterocycles. The van der Waals surface area contributed by atoms with Gasteiger partial charge in [0.15, 0.2) is 0 Å². The van der Waals surface area contributed by atoms with Crippen molar-refractivity contribution in [1.82, 2.24) is 15.5 Å². The fourth-order valence-electron chi connectivity index (χ4n) is 1.93. The Kier molecular flexibility index (Phi) is 9.29. The van der Waals surface area contributed by atoms with Crippen molar-refractivity contribution in [3.05, 3.63) is 0 Å². The van der Waals surface area contributed by atoms with E-state index in [4.69, 9.17) is 9.47 Å². The molecule has 0 radical (unpaired) electrons. The summed E-state index contributed by atoms with van der Waals surface area (Å²) in [6, 6.07) is -0.345. The standard InChI is InChI=1S/C17H35N3O4/c1-13(14(21)19-10-12-23-8)18-9-11-20(16(2,3)4)15(22)24-17(5,6)7/h13,18H,9-12H2,1-8H3,(H,19,21). The van der Waals surface area contributed by atoms with Gasteiger partial charge in [-0.2, -0.15) is 0 Å². The van der Waals surface area contributed by atoms with Crippen LogP contribution >= 0.6 is 0 Å². The predicted molar refractivity (Wildman–Crippen MR) is 95.0 cm³/mol. The molecule has 24 heavy (non-hydrogen) atoms. The van der Waals surface area contributed by atoms with Gasteiger partial charge in [-0.05, 0) is 48.5 Å². The number of nitrogens with zero attached hydrogens (tertiary/aromatic N) is 1. The molecule has 0 saturated carbocycles. The van der Waals surface area contributed by atoms with Crippen molar-refractivity contribution in [2.45, 2.75) is 65.6 Å². The lowest BCUT2D eigenvalue weighted by atomic mass is 10.1. The van der Waals surface area contributed by atoms with Crippen LogP contribution in [0.15, 0.2) is 0 Å². The number of hydrogen-bond donors (Lipinski definition) is 2. The van der Waals surface area contributed by atoms with E-state index in [1.807, 2.05) is 41.5 Å². The first-order valence-electron chi connectivity index (χ1n) is 8.39. The van der Waals surface area contributed by atoms with Crippen LogP contribution in [0.5, 0.6) is 0 Å². The molecule has 0 aliphatic heterocycles. The van der Waals surface area contributed by atoms with Gasteiger partial charge in [-0.3, -0.25) is 4.79 Å². The summed E-state index contributed by atoms with van der Waals surface area (Å²) in [5.41, 5.74) is -0.906. The normalized spacial score (nSPS) is 13.3. The molecule has 0 spiro atoms. The van der Waals surface area contributed by atoms with Crippen LogP contribution in [0.4, 0.5) is 4.79 Å². The van der Waals surface area contributed by atoms with Gasteiger partial charge in [0.05, 0.1) is 12.6 Å². The highest BCUT2D eigenvalue weighted by Gasteiger charge is 2.30. The maximum absolute atomic E-state index is 12.4. The molecule has 142 valence electrons. The molecule has 0 heterocycles. The highest BCUT2D eigenvalue weighted by Crippen LogP contribution is 2.17. The quantitative estimate of drug-likeness (QED) is 0.655. The predicted octanol–water partition coefficient (Wildman–Crippen LogP) is 1.76. The third-order valence-corrected chi connectivity index (χ3v) is 3.21. The summed E-state index contributed by atoms with van der Waals surface area (Å²) < 4.78 is 10.4. The summed E-state index contributed by atoms with van der Waals surface area (Å²) in [4.78, 5) is 25.9. The van der Waals surface area contributed by atoms with Gasteiger partial charge in [0, 0.05) is 32.3 Å². The van der Waals surface area contributed by atoms with Crippen LogP contribution in [0.2, 0.25) is 0 Å². The van der Waals surface area contributed by atoms with Crippen molar-refractivity contribution in [3.63, 3.8) is 0 Å². The van der Waals surface area contributed by atoms with Crippen molar-refractivity contribution in [1.29, 1.82) is 0 Å². The van der Waals surface area contributed by atoms with E-state index in [-0.39, 0.29) is 23.6 Å². The molecule has 0 saturated heterocycles. The average molecular weight is 345 g/mol. The van der Waals surface area contributed by atoms with E-state index in [1.54, 1.807) is 18.9 Å². The van der Waals surface area contributed by atoms with Crippen molar-refractivity contribution in [2.75, 3.05) is 33.4 Å². The Morgan fingerprint density at radius 2 is 1.67 bits per heavy atom.